The van der Waals surface area contributed by atoms with E-state index in [2.05, 4.69) is 66.6 Å². The summed E-state index contributed by atoms with van der Waals surface area (Å²) >= 11 is 0. The van der Waals surface area contributed by atoms with E-state index in [9.17, 15) is 0 Å². The number of benzene rings is 2. The lowest BCUT2D eigenvalue weighted by Gasteiger charge is -2.11. The average molecular weight is 277 g/mol. The molecule has 0 spiro atoms. The van der Waals surface area contributed by atoms with E-state index in [1.165, 1.54) is 16.7 Å². The van der Waals surface area contributed by atoms with Gasteiger partial charge >= 0.3 is 0 Å². The number of imidazole rings is 1. The topological polar surface area (TPSA) is 29.9 Å². The Labute approximate surface area is 125 Å². The summed E-state index contributed by atoms with van der Waals surface area (Å²) in [4.78, 5) is 4.08. The molecule has 0 saturated carbocycles. The minimum absolute atomic E-state index is 0.833. The highest BCUT2D eigenvalue weighted by atomic mass is 15.0. The molecule has 1 N–H and O–H groups in total. The molecule has 106 valence electrons. The average Bonchev–Trinajstić information content (AvgIpc) is 3.01. The second-order valence-corrected chi connectivity index (χ2v) is 5.30. The molecule has 3 rings (SSSR count). The number of aromatic nitrogens is 2. The fourth-order valence-corrected chi connectivity index (χ4v) is 2.43. The first-order chi connectivity index (χ1) is 10.2. The Bertz CT molecular complexity index is 730. The Hall–Kier alpha value is -2.55. The van der Waals surface area contributed by atoms with Gasteiger partial charge in [-0.15, -0.1) is 0 Å². The van der Waals surface area contributed by atoms with Crippen LogP contribution in [0, 0.1) is 13.8 Å². The van der Waals surface area contributed by atoms with Gasteiger partial charge in [0.25, 0.3) is 0 Å². The van der Waals surface area contributed by atoms with Gasteiger partial charge in [-0.2, -0.15) is 0 Å². The lowest BCUT2D eigenvalue weighted by Crippen LogP contribution is -2.02. The van der Waals surface area contributed by atoms with E-state index in [4.69, 9.17) is 0 Å². The van der Waals surface area contributed by atoms with E-state index < -0.39 is 0 Å². The predicted octanol–water partition coefficient (Wildman–Crippen LogP) is 4.10. The zero-order chi connectivity index (χ0) is 14.7. The third-order valence-corrected chi connectivity index (χ3v) is 3.63. The van der Waals surface area contributed by atoms with Crippen LogP contribution in [0.3, 0.4) is 0 Å². The third-order valence-electron chi connectivity index (χ3n) is 3.63. The summed E-state index contributed by atoms with van der Waals surface area (Å²) in [5.74, 6) is 0. The number of nitrogens with one attached hydrogen (secondary N) is 1. The normalized spacial score (nSPS) is 10.6. The van der Waals surface area contributed by atoms with Crippen molar-refractivity contribution in [3.8, 4) is 5.69 Å². The molecule has 0 atom stereocenters. The van der Waals surface area contributed by atoms with E-state index in [0.29, 0.717) is 0 Å². The van der Waals surface area contributed by atoms with Gasteiger partial charge in [0.1, 0.15) is 0 Å². The fraction of sp³-hybridized carbons (Fsp3) is 0.167. The van der Waals surface area contributed by atoms with Crippen molar-refractivity contribution in [3.63, 3.8) is 0 Å². The van der Waals surface area contributed by atoms with Crippen LogP contribution in [-0.4, -0.2) is 9.55 Å². The van der Waals surface area contributed by atoms with E-state index in [0.717, 1.165) is 17.9 Å². The molecular weight excluding hydrogens is 258 g/mol. The highest BCUT2D eigenvalue weighted by molar-refractivity contribution is 5.51. The van der Waals surface area contributed by atoms with Crippen molar-refractivity contribution in [3.05, 3.63) is 77.9 Å². The minimum Gasteiger partial charge on any atom is -0.381 e. The highest BCUT2D eigenvalue weighted by Crippen LogP contribution is 2.17. The predicted molar refractivity (Wildman–Crippen MR) is 86.8 cm³/mol. The summed E-state index contributed by atoms with van der Waals surface area (Å²) in [5, 5.41) is 3.49. The van der Waals surface area contributed by atoms with Gasteiger partial charge in [-0.05, 0) is 43.2 Å². The summed E-state index contributed by atoms with van der Waals surface area (Å²) in [6.07, 6.45) is 5.54. The third kappa shape index (κ3) is 3.14. The van der Waals surface area contributed by atoms with Crippen molar-refractivity contribution in [2.24, 2.45) is 0 Å². The summed E-state index contributed by atoms with van der Waals surface area (Å²) in [6, 6.07) is 14.9. The van der Waals surface area contributed by atoms with Crippen molar-refractivity contribution in [1.29, 1.82) is 0 Å². The van der Waals surface area contributed by atoms with Crippen LogP contribution >= 0.6 is 0 Å². The van der Waals surface area contributed by atoms with Gasteiger partial charge in [-0.25, -0.2) is 4.98 Å². The van der Waals surface area contributed by atoms with Gasteiger partial charge in [-0.3, -0.25) is 0 Å². The molecule has 21 heavy (non-hydrogen) atoms. The van der Waals surface area contributed by atoms with Crippen LogP contribution in [0.2, 0.25) is 0 Å². The molecule has 1 aromatic heterocycles. The van der Waals surface area contributed by atoms with Crippen LogP contribution in [0.25, 0.3) is 5.69 Å². The fourth-order valence-electron chi connectivity index (χ4n) is 2.43. The molecule has 2 aromatic carbocycles. The molecule has 0 radical (unpaired) electrons. The maximum absolute atomic E-state index is 4.08. The van der Waals surface area contributed by atoms with E-state index in [-0.39, 0.29) is 0 Å². The number of hydrogen-bond acceptors (Lipinski definition) is 2. The molecule has 0 fully saturated rings. The molecule has 3 heteroatoms. The van der Waals surface area contributed by atoms with Crippen LogP contribution < -0.4 is 5.32 Å². The molecule has 0 bridgehead atoms. The molecular formula is C18H19N3. The monoisotopic (exact) mass is 277 g/mol. The van der Waals surface area contributed by atoms with E-state index in [1.807, 2.05) is 17.1 Å². The lowest BCUT2D eigenvalue weighted by atomic mass is 10.1. The molecule has 0 aliphatic carbocycles. The van der Waals surface area contributed by atoms with Gasteiger partial charge in [-0.1, -0.05) is 29.8 Å². The Morgan fingerprint density at radius 1 is 1.10 bits per heavy atom. The Morgan fingerprint density at radius 3 is 2.76 bits per heavy atom. The molecule has 3 nitrogen and oxygen atoms in total. The van der Waals surface area contributed by atoms with Gasteiger partial charge < -0.3 is 9.88 Å². The molecule has 0 aliphatic heterocycles. The van der Waals surface area contributed by atoms with Gasteiger partial charge in [0, 0.05) is 30.3 Å². The quantitative estimate of drug-likeness (QED) is 0.778. The van der Waals surface area contributed by atoms with Crippen LogP contribution in [0.15, 0.2) is 61.2 Å². The largest absolute Gasteiger partial charge is 0.381 e. The second-order valence-electron chi connectivity index (χ2n) is 5.30. The van der Waals surface area contributed by atoms with E-state index in [1.54, 1.807) is 6.20 Å². The Morgan fingerprint density at radius 2 is 2.00 bits per heavy atom. The van der Waals surface area contributed by atoms with Gasteiger partial charge in [0.2, 0.25) is 0 Å². The Balaban J connectivity index is 1.75. The molecule has 0 unspecified atom stereocenters. The standard InChI is InChI=1S/C18H19N3/c1-14-6-7-16(15(2)10-14)12-20-17-4-3-5-18(11-17)21-9-8-19-13-21/h3-11,13,20H,12H2,1-2H3. The Kier molecular flexibility index (Phi) is 3.73. The first-order valence-electron chi connectivity index (χ1n) is 7.11. The summed E-state index contributed by atoms with van der Waals surface area (Å²) in [6.45, 7) is 5.12. The maximum Gasteiger partial charge on any atom is 0.0991 e. The SMILES string of the molecule is Cc1ccc(CNc2cccc(-n3ccnc3)c2)c(C)c1. The van der Waals surface area contributed by atoms with Gasteiger partial charge in [0.05, 0.1) is 6.33 Å². The first-order valence-corrected chi connectivity index (χ1v) is 7.11. The van der Waals surface area contributed by atoms with Crippen LogP contribution in [-0.2, 0) is 6.54 Å². The van der Waals surface area contributed by atoms with Crippen molar-refractivity contribution in [2.45, 2.75) is 20.4 Å². The van der Waals surface area contributed by atoms with Crippen molar-refractivity contribution in [2.75, 3.05) is 5.32 Å². The first kappa shape index (κ1) is 13.4. The summed E-state index contributed by atoms with van der Waals surface area (Å²) < 4.78 is 2.00. The van der Waals surface area contributed by atoms with Crippen molar-refractivity contribution in [1.82, 2.24) is 9.55 Å². The zero-order valence-electron chi connectivity index (χ0n) is 12.4. The molecule has 1 heterocycles. The van der Waals surface area contributed by atoms with Crippen molar-refractivity contribution >= 4 is 5.69 Å². The van der Waals surface area contributed by atoms with Crippen LogP contribution in [0.1, 0.15) is 16.7 Å². The van der Waals surface area contributed by atoms with Crippen molar-refractivity contribution < 1.29 is 0 Å². The highest BCUT2D eigenvalue weighted by Gasteiger charge is 2.01. The molecule has 0 amide bonds. The summed E-state index contributed by atoms with van der Waals surface area (Å²) in [5.41, 5.74) is 6.18. The minimum atomic E-state index is 0.833. The van der Waals surface area contributed by atoms with Crippen LogP contribution in [0.4, 0.5) is 5.69 Å². The van der Waals surface area contributed by atoms with E-state index >= 15 is 0 Å². The second kappa shape index (κ2) is 5.83. The zero-order valence-corrected chi connectivity index (χ0v) is 12.4. The maximum atomic E-state index is 4.08. The summed E-state index contributed by atoms with van der Waals surface area (Å²) in [7, 11) is 0. The number of nitrogens with zero attached hydrogens (tertiary/aromatic N) is 2. The molecule has 3 aromatic rings. The van der Waals surface area contributed by atoms with Gasteiger partial charge in [0.15, 0.2) is 0 Å². The lowest BCUT2D eigenvalue weighted by molar-refractivity contribution is 1.05. The number of anilines is 1. The number of hydrogen-bond donors (Lipinski definition) is 1. The molecule has 0 aliphatic rings. The molecule has 0 saturated heterocycles. The smallest absolute Gasteiger partial charge is 0.0991 e. The van der Waals surface area contributed by atoms with Crippen LogP contribution in [0.5, 0.6) is 0 Å². The number of rotatable bonds is 4. The number of aryl methyl sites for hydroxylation is 2.